The minimum absolute atomic E-state index is 0.368. The number of aromatic nitrogens is 1. The molecule has 116 valence electrons. The summed E-state index contributed by atoms with van der Waals surface area (Å²) >= 11 is 6.14. The summed E-state index contributed by atoms with van der Waals surface area (Å²) in [6.45, 7) is 0.512. The number of nitrogens with zero attached hydrogens (tertiary/aromatic N) is 1. The molecule has 0 radical (unpaired) electrons. The maximum atomic E-state index is 10.4. The first-order valence-electron chi connectivity index (χ1n) is 7.80. The van der Waals surface area contributed by atoms with Crippen molar-refractivity contribution in [3.05, 3.63) is 64.9 Å². The molecular weight excluding hydrogens is 296 g/mol. The van der Waals surface area contributed by atoms with E-state index in [0.29, 0.717) is 23.5 Å². The Bertz CT molecular complexity index is 601. The van der Waals surface area contributed by atoms with Gasteiger partial charge in [-0.05, 0) is 37.0 Å². The Labute approximate surface area is 136 Å². The monoisotopic (exact) mass is 316 g/mol. The van der Waals surface area contributed by atoms with Crippen LogP contribution >= 0.6 is 11.6 Å². The molecule has 0 bridgehead atoms. The van der Waals surface area contributed by atoms with Crippen LogP contribution in [0.3, 0.4) is 0 Å². The molecule has 1 aromatic carbocycles. The molecule has 0 spiro atoms. The van der Waals surface area contributed by atoms with Crippen LogP contribution in [0.15, 0.2) is 48.7 Å². The summed E-state index contributed by atoms with van der Waals surface area (Å²) in [5.41, 5.74) is 1.88. The fourth-order valence-corrected chi connectivity index (χ4v) is 3.03. The van der Waals surface area contributed by atoms with E-state index < -0.39 is 6.10 Å². The predicted octanol–water partition coefficient (Wildman–Crippen LogP) is 3.38. The topological polar surface area (TPSA) is 45.1 Å². The Morgan fingerprint density at radius 1 is 1.18 bits per heavy atom. The second kappa shape index (κ2) is 7.23. The number of hydrogen-bond donors (Lipinski definition) is 2. The SMILES string of the molecule is OC(CNC(Cc1ccccn1)C1CC1)c1ccccc1Cl. The fourth-order valence-electron chi connectivity index (χ4n) is 2.77. The van der Waals surface area contributed by atoms with Crippen LogP contribution < -0.4 is 5.32 Å². The number of rotatable bonds is 7. The molecule has 0 amide bonds. The highest BCUT2D eigenvalue weighted by atomic mass is 35.5. The lowest BCUT2D eigenvalue weighted by Crippen LogP contribution is -2.36. The highest BCUT2D eigenvalue weighted by molar-refractivity contribution is 6.31. The van der Waals surface area contributed by atoms with E-state index in [-0.39, 0.29) is 0 Å². The average molecular weight is 317 g/mol. The van der Waals surface area contributed by atoms with Gasteiger partial charge in [-0.15, -0.1) is 0 Å². The molecule has 2 aromatic rings. The van der Waals surface area contributed by atoms with Crippen LogP contribution in [-0.2, 0) is 6.42 Å². The van der Waals surface area contributed by atoms with Gasteiger partial charge in [0.05, 0.1) is 6.10 Å². The van der Waals surface area contributed by atoms with Gasteiger partial charge in [-0.25, -0.2) is 0 Å². The molecule has 3 rings (SSSR count). The second-order valence-electron chi connectivity index (χ2n) is 5.91. The van der Waals surface area contributed by atoms with E-state index in [4.69, 9.17) is 11.6 Å². The molecule has 3 nitrogen and oxygen atoms in total. The van der Waals surface area contributed by atoms with Crippen LogP contribution in [0, 0.1) is 5.92 Å². The third-order valence-electron chi connectivity index (χ3n) is 4.18. The Balaban J connectivity index is 1.59. The Kier molecular flexibility index (Phi) is 5.08. The van der Waals surface area contributed by atoms with Crippen LogP contribution in [0.1, 0.15) is 30.2 Å². The maximum Gasteiger partial charge on any atom is 0.0928 e. The number of benzene rings is 1. The number of nitrogens with one attached hydrogen (secondary N) is 1. The lowest BCUT2D eigenvalue weighted by atomic mass is 10.0. The van der Waals surface area contributed by atoms with Gasteiger partial charge in [0.1, 0.15) is 0 Å². The van der Waals surface area contributed by atoms with E-state index in [0.717, 1.165) is 17.7 Å². The van der Waals surface area contributed by atoms with Crippen molar-refractivity contribution >= 4 is 11.6 Å². The highest BCUT2D eigenvalue weighted by Crippen LogP contribution is 2.34. The lowest BCUT2D eigenvalue weighted by Gasteiger charge is -2.21. The second-order valence-corrected chi connectivity index (χ2v) is 6.32. The first kappa shape index (κ1) is 15.5. The fraction of sp³-hybridized carbons (Fsp3) is 0.389. The maximum absolute atomic E-state index is 10.4. The zero-order valence-electron chi connectivity index (χ0n) is 12.5. The van der Waals surface area contributed by atoms with Gasteiger partial charge < -0.3 is 10.4 Å². The molecule has 22 heavy (non-hydrogen) atoms. The third-order valence-corrected chi connectivity index (χ3v) is 4.53. The summed E-state index contributed by atoms with van der Waals surface area (Å²) in [7, 11) is 0. The van der Waals surface area contributed by atoms with Crippen molar-refractivity contribution in [1.82, 2.24) is 10.3 Å². The number of hydrogen-bond acceptors (Lipinski definition) is 3. The number of halogens is 1. The summed E-state index contributed by atoms with van der Waals surface area (Å²) in [5.74, 6) is 0.695. The van der Waals surface area contributed by atoms with Gasteiger partial charge >= 0.3 is 0 Å². The van der Waals surface area contributed by atoms with E-state index >= 15 is 0 Å². The predicted molar refractivity (Wildman–Crippen MR) is 88.9 cm³/mol. The lowest BCUT2D eigenvalue weighted by molar-refractivity contribution is 0.168. The number of aliphatic hydroxyl groups is 1. The number of pyridine rings is 1. The van der Waals surface area contributed by atoms with E-state index in [1.54, 1.807) is 0 Å². The summed E-state index contributed by atoms with van der Waals surface area (Å²) < 4.78 is 0. The van der Waals surface area contributed by atoms with Gasteiger partial charge in [0, 0.05) is 41.5 Å². The molecule has 1 aromatic heterocycles. The van der Waals surface area contributed by atoms with Gasteiger partial charge in [0.25, 0.3) is 0 Å². The summed E-state index contributed by atoms with van der Waals surface area (Å²) in [6.07, 6.45) is 4.66. The standard InChI is InChI=1S/C18H21ClN2O/c19-16-7-2-1-6-15(16)18(22)12-21-17(13-8-9-13)11-14-5-3-4-10-20-14/h1-7,10,13,17-18,21-22H,8-9,11-12H2. The van der Waals surface area contributed by atoms with Gasteiger partial charge in [0.2, 0.25) is 0 Å². The van der Waals surface area contributed by atoms with Crippen molar-refractivity contribution in [2.75, 3.05) is 6.54 Å². The first-order chi connectivity index (χ1) is 10.7. The van der Waals surface area contributed by atoms with Gasteiger partial charge in [-0.2, -0.15) is 0 Å². The van der Waals surface area contributed by atoms with Crippen LogP contribution in [0.25, 0.3) is 0 Å². The number of aliphatic hydroxyl groups excluding tert-OH is 1. The van der Waals surface area contributed by atoms with Crippen molar-refractivity contribution in [3.63, 3.8) is 0 Å². The molecule has 2 atom stereocenters. The molecule has 0 saturated heterocycles. The van der Waals surface area contributed by atoms with E-state index in [9.17, 15) is 5.11 Å². The molecule has 1 heterocycles. The molecule has 1 aliphatic rings. The van der Waals surface area contributed by atoms with Gasteiger partial charge in [0.15, 0.2) is 0 Å². The zero-order valence-corrected chi connectivity index (χ0v) is 13.2. The molecule has 1 saturated carbocycles. The molecular formula is C18H21ClN2O. The van der Waals surface area contributed by atoms with Gasteiger partial charge in [-0.1, -0.05) is 35.9 Å². The minimum atomic E-state index is -0.585. The van der Waals surface area contributed by atoms with Gasteiger partial charge in [-0.3, -0.25) is 4.98 Å². The smallest absolute Gasteiger partial charge is 0.0928 e. The van der Waals surface area contributed by atoms with Crippen LogP contribution in [0.2, 0.25) is 5.02 Å². The van der Waals surface area contributed by atoms with Crippen molar-refractivity contribution < 1.29 is 5.11 Å². The summed E-state index contributed by atoms with van der Waals surface area (Å²) in [6, 6.07) is 13.8. The molecule has 2 unspecified atom stereocenters. The van der Waals surface area contributed by atoms with Crippen LogP contribution in [0.5, 0.6) is 0 Å². The highest BCUT2D eigenvalue weighted by Gasteiger charge is 2.31. The first-order valence-corrected chi connectivity index (χ1v) is 8.17. The minimum Gasteiger partial charge on any atom is -0.387 e. The summed E-state index contributed by atoms with van der Waals surface area (Å²) in [4.78, 5) is 4.40. The zero-order chi connectivity index (χ0) is 15.4. The van der Waals surface area contributed by atoms with Crippen molar-refractivity contribution in [2.45, 2.75) is 31.4 Å². The quantitative estimate of drug-likeness (QED) is 0.823. The normalized spacial score (nSPS) is 17.2. The third kappa shape index (κ3) is 4.07. The average Bonchev–Trinajstić information content (AvgIpc) is 3.37. The Morgan fingerprint density at radius 3 is 2.64 bits per heavy atom. The van der Waals surface area contributed by atoms with Crippen molar-refractivity contribution in [1.29, 1.82) is 0 Å². The van der Waals surface area contributed by atoms with E-state index in [2.05, 4.69) is 16.4 Å². The van der Waals surface area contributed by atoms with Crippen molar-refractivity contribution in [2.24, 2.45) is 5.92 Å². The Morgan fingerprint density at radius 2 is 1.95 bits per heavy atom. The molecule has 0 aliphatic heterocycles. The molecule has 1 fully saturated rings. The molecule has 2 N–H and O–H groups in total. The van der Waals surface area contributed by atoms with Crippen molar-refractivity contribution in [3.8, 4) is 0 Å². The summed E-state index contributed by atoms with van der Waals surface area (Å²) in [5, 5.41) is 14.5. The van der Waals surface area contributed by atoms with Crippen LogP contribution in [0.4, 0.5) is 0 Å². The van der Waals surface area contributed by atoms with E-state index in [1.165, 1.54) is 12.8 Å². The van der Waals surface area contributed by atoms with Crippen LogP contribution in [-0.4, -0.2) is 22.7 Å². The molecule has 1 aliphatic carbocycles. The largest absolute Gasteiger partial charge is 0.387 e. The Hall–Kier alpha value is -1.42. The van der Waals surface area contributed by atoms with E-state index in [1.807, 2.05) is 42.6 Å². The molecule has 4 heteroatoms.